The van der Waals surface area contributed by atoms with Crippen molar-refractivity contribution in [1.29, 1.82) is 0 Å². The van der Waals surface area contributed by atoms with Crippen LogP contribution in [0.4, 0.5) is 0 Å². The van der Waals surface area contributed by atoms with Gasteiger partial charge in [-0.1, -0.05) is 0 Å². The fourth-order valence-corrected chi connectivity index (χ4v) is 2.43. The third kappa shape index (κ3) is 4.09. The van der Waals surface area contributed by atoms with Gasteiger partial charge in [-0.15, -0.1) is 11.3 Å². The van der Waals surface area contributed by atoms with Gasteiger partial charge in [0.15, 0.2) is 0 Å². The molecule has 80 valence electrons. The van der Waals surface area contributed by atoms with E-state index < -0.39 is 0 Å². The third-order valence-electron chi connectivity index (χ3n) is 2.02. The molecule has 0 radical (unpaired) electrons. The van der Waals surface area contributed by atoms with Crippen molar-refractivity contribution >= 4 is 27.3 Å². The Hall–Kier alpha value is 0.1000. The van der Waals surface area contributed by atoms with Gasteiger partial charge in [0.1, 0.15) is 0 Å². The first-order valence-electron chi connectivity index (χ1n) is 4.52. The van der Waals surface area contributed by atoms with Crippen molar-refractivity contribution < 1.29 is 4.74 Å². The monoisotopic (exact) mass is 277 g/mol. The molecule has 0 aliphatic rings. The summed E-state index contributed by atoms with van der Waals surface area (Å²) < 4.78 is 6.47. The van der Waals surface area contributed by atoms with Crippen LogP contribution in [0.5, 0.6) is 0 Å². The lowest BCUT2D eigenvalue weighted by atomic mass is 10.1. The van der Waals surface area contributed by atoms with E-state index >= 15 is 0 Å². The molecule has 0 bridgehead atoms. The van der Waals surface area contributed by atoms with Gasteiger partial charge < -0.3 is 10.1 Å². The molecule has 0 aromatic carbocycles. The number of hydrogen-bond donors (Lipinski definition) is 1. The SMILES string of the molecule is COC(C)(C)CNCc1cc(Br)cs1. The highest BCUT2D eigenvalue weighted by molar-refractivity contribution is 9.10. The van der Waals surface area contributed by atoms with Gasteiger partial charge in [-0.05, 0) is 35.8 Å². The number of hydrogen-bond acceptors (Lipinski definition) is 3. The Morgan fingerprint density at radius 1 is 1.57 bits per heavy atom. The third-order valence-corrected chi connectivity index (χ3v) is 3.72. The summed E-state index contributed by atoms with van der Waals surface area (Å²) in [6, 6.07) is 2.14. The van der Waals surface area contributed by atoms with Crippen molar-refractivity contribution in [3.8, 4) is 0 Å². The van der Waals surface area contributed by atoms with Crippen LogP contribution in [-0.4, -0.2) is 19.3 Å². The summed E-state index contributed by atoms with van der Waals surface area (Å²) in [6.45, 7) is 5.91. The van der Waals surface area contributed by atoms with Crippen molar-refractivity contribution in [1.82, 2.24) is 5.32 Å². The zero-order valence-electron chi connectivity index (χ0n) is 8.76. The Labute approximate surface area is 97.8 Å². The van der Waals surface area contributed by atoms with Gasteiger partial charge in [0.05, 0.1) is 5.60 Å². The lowest BCUT2D eigenvalue weighted by Gasteiger charge is -2.22. The molecule has 0 spiro atoms. The van der Waals surface area contributed by atoms with E-state index in [1.54, 1.807) is 18.4 Å². The van der Waals surface area contributed by atoms with Crippen molar-refractivity contribution in [3.63, 3.8) is 0 Å². The standard InChI is InChI=1S/C10H16BrNOS/c1-10(2,13-3)7-12-5-9-4-8(11)6-14-9/h4,6,12H,5,7H2,1-3H3. The van der Waals surface area contributed by atoms with Crippen LogP contribution in [0, 0.1) is 0 Å². The van der Waals surface area contributed by atoms with Crippen LogP contribution in [0.3, 0.4) is 0 Å². The van der Waals surface area contributed by atoms with Crippen LogP contribution in [0.1, 0.15) is 18.7 Å². The number of rotatable bonds is 5. The van der Waals surface area contributed by atoms with Crippen LogP contribution in [0.25, 0.3) is 0 Å². The van der Waals surface area contributed by atoms with E-state index in [1.165, 1.54) is 4.88 Å². The lowest BCUT2D eigenvalue weighted by Crippen LogP contribution is -2.36. The molecule has 1 N–H and O–H groups in total. The smallest absolute Gasteiger partial charge is 0.0746 e. The maximum Gasteiger partial charge on any atom is 0.0746 e. The van der Waals surface area contributed by atoms with E-state index in [-0.39, 0.29) is 5.60 Å². The molecule has 4 heteroatoms. The average Bonchev–Trinajstić information content (AvgIpc) is 2.51. The molecule has 2 nitrogen and oxygen atoms in total. The van der Waals surface area contributed by atoms with E-state index in [2.05, 4.69) is 46.5 Å². The molecule has 0 saturated heterocycles. The maximum absolute atomic E-state index is 5.31. The lowest BCUT2D eigenvalue weighted by molar-refractivity contribution is 0.0231. The van der Waals surface area contributed by atoms with Crippen LogP contribution in [0.15, 0.2) is 15.9 Å². The molecule has 0 saturated carbocycles. The van der Waals surface area contributed by atoms with Crippen LogP contribution >= 0.6 is 27.3 Å². The molecule has 0 atom stereocenters. The van der Waals surface area contributed by atoms with Gasteiger partial charge in [0, 0.05) is 34.9 Å². The fraction of sp³-hybridized carbons (Fsp3) is 0.600. The number of ether oxygens (including phenoxy) is 1. The second kappa shape index (κ2) is 5.26. The molecule has 0 fully saturated rings. The molecule has 1 rings (SSSR count). The van der Waals surface area contributed by atoms with Gasteiger partial charge >= 0.3 is 0 Å². The summed E-state index contributed by atoms with van der Waals surface area (Å²) >= 11 is 5.19. The van der Waals surface area contributed by atoms with E-state index in [4.69, 9.17) is 4.74 Å². The van der Waals surface area contributed by atoms with Gasteiger partial charge in [0.2, 0.25) is 0 Å². The van der Waals surface area contributed by atoms with E-state index in [0.717, 1.165) is 17.6 Å². The minimum atomic E-state index is -0.0888. The molecule has 0 aliphatic heterocycles. The summed E-state index contributed by atoms with van der Waals surface area (Å²) in [4.78, 5) is 1.34. The molecule has 1 aromatic rings. The molecular weight excluding hydrogens is 262 g/mol. The van der Waals surface area contributed by atoms with Crippen LogP contribution in [-0.2, 0) is 11.3 Å². The summed E-state index contributed by atoms with van der Waals surface area (Å²) in [5, 5.41) is 5.47. The quantitative estimate of drug-likeness (QED) is 0.894. The molecule has 1 heterocycles. The highest BCUT2D eigenvalue weighted by Crippen LogP contribution is 2.19. The Morgan fingerprint density at radius 2 is 2.29 bits per heavy atom. The molecule has 1 aromatic heterocycles. The number of thiophene rings is 1. The Kier molecular flexibility index (Phi) is 4.57. The largest absolute Gasteiger partial charge is 0.377 e. The van der Waals surface area contributed by atoms with Gasteiger partial charge in [-0.3, -0.25) is 0 Å². The Balaban J connectivity index is 2.28. The summed E-state index contributed by atoms with van der Waals surface area (Å²) in [7, 11) is 1.74. The van der Waals surface area contributed by atoms with Crippen molar-refractivity contribution in [3.05, 3.63) is 20.8 Å². The first kappa shape index (κ1) is 12.2. The highest BCUT2D eigenvalue weighted by atomic mass is 79.9. The van der Waals surface area contributed by atoms with E-state index in [1.807, 2.05) is 0 Å². The predicted octanol–water partition coefficient (Wildman–Crippen LogP) is 3.03. The molecule has 14 heavy (non-hydrogen) atoms. The summed E-state index contributed by atoms with van der Waals surface area (Å²) in [5.41, 5.74) is -0.0888. The van der Waals surface area contributed by atoms with Crippen molar-refractivity contribution in [2.45, 2.75) is 26.0 Å². The Bertz CT molecular complexity index is 285. The number of halogens is 1. The highest BCUT2D eigenvalue weighted by Gasteiger charge is 2.15. The number of nitrogens with one attached hydrogen (secondary N) is 1. The molecular formula is C10H16BrNOS. The molecule has 0 amide bonds. The van der Waals surface area contributed by atoms with Gasteiger partial charge in [-0.25, -0.2) is 0 Å². The second-order valence-electron chi connectivity index (χ2n) is 3.80. The van der Waals surface area contributed by atoms with Gasteiger partial charge in [-0.2, -0.15) is 0 Å². The first-order valence-corrected chi connectivity index (χ1v) is 6.19. The predicted molar refractivity (Wildman–Crippen MR) is 64.8 cm³/mol. The minimum Gasteiger partial charge on any atom is -0.377 e. The normalized spacial score (nSPS) is 12.0. The number of methoxy groups -OCH3 is 1. The zero-order chi connectivity index (χ0) is 10.6. The summed E-state index contributed by atoms with van der Waals surface area (Å²) in [6.07, 6.45) is 0. The minimum absolute atomic E-state index is 0.0888. The first-order chi connectivity index (χ1) is 6.53. The fourth-order valence-electron chi connectivity index (χ4n) is 1.01. The second-order valence-corrected chi connectivity index (χ2v) is 5.71. The average molecular weight is 278 g/mol. The summed E-state index contributed by atoms with van der Waals surface area (Å²) in [5.74, 6) is 0. The zero-order valence-corrected chi connectivity index (χ0v) is 11.2. The topological polar surface area (TPSA) is 21.3 Å². The van der Waals surface area contributed by atoms with Gasteiger partial charge in [0.25, 0.3) is 0 Å². The Morgan fingerprint density at radius 3 is 2.79 bits per heavy atom. The van der Waals surface area contributed by atoms with Crippen LogP contribution < -0.4 is 5.32 Å². The van der Waals surface area contributed by atoms with Crippen molar-refractivity contribution in [2.24, 2.45) is 0 Å². The van der Waals surface area contributed by atoms with Crippen LogP contribution in [0.2, 0.25) is 0 Å². The van der Waals surface area contributed by atoms with Crippen molar-refractivity contribution in [2.75, 3.05) is 13.7 Å². The van der Waals surface area contributed by atoms with E-state index in [9.17, 15) is 0 Å². The molecule has 0 unspecified atom stereocenters. The maximum atomic E-state index is 5.31. The van der Waals surface area contributed by atoms with E-state index in [0.29, 0.717) is 0 Å². The molecule has 0 aliphatic carbocycles.